The van der Waals surface area contributed by atoms with Crippen LogP contribution in [0.4, 0.5) is 11.6 Å². The third-order valence-corrected chi connectivity index (χ3v) is 2.57. The number of hydrogen-bond donors (Lipinski definition) is 1. The van der Waals surface area contributed by atoms with Crippen molar-refractivity contribution in [2.45, 2.75) is 0 Å². The van der Waals surface area contributed by atoms with Crippen molar-refractivity contribution in [1.82, 2.24) is 15.0 Å². The second-order valence-electron chi connectivity index (χ2n) is 3.91. The molecule has 4 nitrogen and oxygen atoms in total. The molecule has 19 heavy (non-hydrogen) atoms. The molecule has 4 heteroatoms. The highest BCUT2D eigenvalue weighted by molar-refractivity contribution is 5.60. The molecule has 0 saturated heterocycles. The van der Waals surface area contributed by atoms with Crippen molar-refractivity contribution in [2.75, 3.05) is 5.32 Å². The Balaban J connectivity index is 1.89. The zero-order chi connectivity index (χ0) is 12.9. The fraction of sp³-hybridized carbons (Fsp3) is 0. The van der Waals surface area contributed by atoms with Crippen LogP contribution >= 0.6 is 0 Å². The van der Waals surface area contributed by atoms with E-state index in [0.29, 0.717) is 5.95 Å². The van der Waals surface area contributed by atoms with Crippen LogP contribution in [0.5, 0.6) is 0 Å². The van der Waals surface area contributed by atoms with Crippen LogP contribution < -0.4 is 5.32 Å². The summed E-state index contributed by atoms with van der Waals surface area (Å²) < 4.78 is 0. The van der Waals surface area contributed by atoms with E-state index in [4.69, 9.17) is 0 Å². The fourth-order valence-corrected chi connectivity index (χ4v) is 1.69. The maximum absolute atomic E-state index is 4.46. The molecular weight excluding hydrogens is 236 g/mol. The average Bonchev–Trinajstić information content (AvgIpc) is 2.49. The van der Waals surface area contributed by atoms with Gasteiger partial charge in [-0.2, -0.15) is 0 Å². The largest absolute Gasteiger partial charge is 0.324 e. The van der Waals surface area contributed by atoms with E-state index >= 15 is 0 Å². The standard InChI is InChI=1S/C15H11N4/c1-2-6-13(7-3-1)18-15-17-10-8-14(19-15)12-5-4-9-16-11-12/h1-6,8-11H,(H,17,18,19). The third kappa shape index (κ3) is 2.74. The summed E-state index contributed by atoms with van der Waals surface area (Å²) in [7, 11) is 0. The minimum atomic E-state index is 0.545. The van der Waals surface area contributed by atoms with Crippen LogP contribution in [-0.2, 0) is 0 Å². The molecule has 3 rings (SSSR count). The van der Waals surface area contributed by atoms with Crippen LogP contribution in [0, 0.1) is 6.07 Å². The zero-order valence-corrected chi connectivity index (χ0v) is 10.1. The Bertz CT molecular complexity index is 653. The smallest absolute Gasteiger partial charge is 0.227 e. The molecule has 0 unspecified atom stereocenters. The van der Waals surface area contributed by atoms with Gasteiger partial charge in [-0.05, 0) is 24.3 Å². The van der Waals surface area contributed by atoms with Gasteiger partial charge in [-0.15, -0.1) is 0 Å². The highest BCUT2D eigenvalue weighted by atomic mass is 15.1. The van der Waals surface area contributed by atoms with Gasteiger partial charge in [0.25, 0.3) is 0 Å². The quantitative estimate of drug-likeness (QED) is 0.772. The van der Waals surface area contributed by atoms with Crippen LogP contribution in [0.1, 0.15) is 0 Å². The second-order valence-corrected chi connectivity index (χ2v) is 3.91. The Morgan fingerprint density at radius 1 is 1.00 bits per heavy atom. The fourth-order valence-electron chi connectivity index (χ4n) is 1.69. The van der Waals surface area contributed by atoms with Gasteiger partial charge >= 0.3 is 0 Å². The molecule has 0 aliphatic carbocycles. The van der Waals surface area contributed by atoms with Gasteiger partial charge < -0.3 is 5.32 Å². The highest BCUT2D eigenvalue weighted by Crippen LogP contribution is 2.17. The van der Waals surface area contributed by atoms with Crippen LogP contribution in [0.2, 0.25) is 0 Å². The number of rotatable bonds is 3. The molecule has 0 aliphatic heterocycles. The van der Waals surface area contributed by atoms with E-state index in [1.165, 1.54) is 0 Å². The molecule has 0 bridgehead atoms. The minimum Gasteiger partial charge on any atom is -0.324 e. The number of nitrogens with one attached hydrogen (secondary N) is 1. The van der Waals surface area contributed by atoms with Crippen molar-refractivity contribution in [3.8, 4) is 11.3 Å². The normalized spacial score (nSPS) is 10.1. The summed E-state index contributed by atoms with van der Waals surface area (Å²) in [6.45, 7) is 0. The summed E-state index contributed by atoms with van der Waals surface area (Å²) in [6.07, 6.45) is 5.24. The van der Waals surface area contributed by atoms with Crippen LogP contribution in [-0.4, -0.2) is 15.0 Å². The van der Waals surface area contributed by atoms with Gasteiger partial charge in [0.05, 0.1) is 5.69 Å². The van der Waals surface area contributed by atoms with Gasteiger partial charge in [0.1, 0.15) is 0 Å². The van der Waals surface area contributed by atoms with Gasteiger partial charge in [-0.25, -0.2) is 9.97 Å². The predicted octanol–water partition coefficient (Wildman–Crippen LogP) is 3.08. The molecule has 0 saturated carbocycles. The van der Waals surface area contributed by atoms with Crippen molar-refractivity contribution in [3.05, 3.63) is 67.1 Å². The van der Waals surface area contributed by atoms with Crippen molar-refractivity contribution in [2.24, 2.45) is 0 Å². The summed E-state index contributed by atoms with van der Waals surface area (Å²) in [4.78, 5) is 12.7. The van der Waals surface area contributed by atoms with Crippen molar-refractivity contribution < 1.29 is 0 Å². The van der Waals surface area contributed by atoms with Gasteiger partial charge in [0, 0.05) is 35.9 Å². The molecule has 1 N–H and O–H groups in total. The van der Waals surface area contributed by atoms with E-state index in [-0.39, 0.29) is 0 Å². The lowest BCUT2D eigenvalue weighted by atomic mass is 10.2. The lowest BCUT2D eigenvalue weighted by molar-refractivity contribution is 1.16. The first-order chi connectivity index (χ1) is 9.42. The first-order valence-corrected chi connectivity index (χ1v) is 5.89. The summed E-state index contributed by atoms with van der Waals surface area (Å²) in [5.74, 6) is 0.545. The van der Waals surface area contributed by atoms with E-state index in [1.807, 2.05) is 42.5 Å². The van der Waals surface area contributed by atoms with E-state index in [0.717, 1.165) is 16.9 Å². The Kier molecular flexibility index (Phi) is 3.14. The molecule has 2 heterocycles. The van der Waals surface area contributed by atoms with Gasteiger partial charge in [-0.1, -0.05) is 18.2 Å². The molecule has 0 amide bonds. The minimum absolute atomic E-state index is 0.545. The Labute approximate surface area is 111 Å². The van der Waals surface area contributed by atoms with Crippen LogP contribution in [0.15, 0.2) is 61.1 Å². The summed E-state index contributed by atoms with van der Waals surface area (Å²) in [5, 5.41) is 3.12. The predicted molar refractivity (Wildman–Crippen MR) is 73.8 cm³/mol. The summed E-state index contributed by atoms with van der Waals surface area (Å²) >= 11 is 0. The monoisotopic (exact) mass is 247 g/mol. The molecule has 0 aliphatic rings. The summed E-state index contributed by atoms with van der Waals surface area (Å²) in [6, 6.07) is 16.4. The Morgan fingerprint density at radius 3 is 2.79 bits per heavy atom. The van der Waals surface area contributed by atoms with E-state index in [9.17, 15) is 0 Å². The highest BCUT2D eigenvalue weighted by Gasteiger charge is 2.02. The lowest BCUT2D eigenvalue weighted by Gasteiger charge is -2.05. The number of nitrogens with zero attached hydrogens (tertiary/aromatic N) is 3. The second kappa shape index (κ2) is 5.27. The Hall–Kier alpha value is -2.75. The van der Waals surface area contributed by atoms with Crippen LogP contribution in [0.25, 0.3) is 11.3 Å². The number of pyridine rings is 1. The number of anilines is 2. The maximum atomic E-state index is 4.46. The lowest BCUT2D eigenvalue weighted by Crippen LogP contribution is -1.97. The third-order valence-electron chi connectivity index (χ3n) is 2.57. The number of hydrogen-bond acceptors (Lipinski definition) is 4. The van der Waals surface area contributed by atoms with Gasteiger partial charge in [-0.3, -0.25) is 4.98 Å². The maximum Gasteiger partial charge on any atom is 0.227 e. The molecule has 3 aromatic rings. The van der Waals surface area contributed by atoms with Crippen molar-refractivity contribution in [3.63, 3.8) is 0 Å². The van der Waals surface area contributed by atoms with Crippen molar-refractivity contribution in [1.29, 1.82) is 0 Å². The zero-order valence-electron chi connectivity index (χ0n) is 10.1. The van der Waals surface area contributed by atoms with Crippen LogP contribution in [0.3, 0.4) is 0 Å². The number of para-hydroxylation sites is 1. The van der Waals surface area contributed by atoms with E-state index in [1.54, 1.807) is 18.6 Å². The van der Waals surface area contributed by atoms with E-state index in [2.05, 4.69) is 26.3 Å². The van der Waals surface area contributed by atoms with Crippen molar-refractivity contribution >= 4 is 11.6 Å². The molecule has 2 aromatic heterocycles. The molecule has 1 radical (unpaired) electrons. The number of benzene rings is 1. The average molecular weight is 247 g/mol. The molecule has 0 atom stereocenters. The Morgan fingerprint density at radius 2 is 2.00 bits per heavy atom. The first kappa shape index (κ1) is 11.3. The first-order valence-electron chi connectivity index (χ1n) is 5.89. The van der Waals surface area contributed by atoms with Gasteiger partial charge in [0.15, 0.2) is 0 Å². The molecule has 0 spiro atoms. The molecule has 1 aromatic carbocycles. The molecule has 0 fully saturated rings. The molecule has 91 valence electrons. The van der Waals surface area contributed by atoms with E-state index < -0.39 is 0 Å². The molecular formula is C15H11N4. The SMILES string of the molecule is [c]1ccccc1Nc1nccc(-c2cccnc2)n1. The summed E-state index contributed by atoms with van der Waals surface area (Å²) in [5.41, 5.74) is 2.64. The topological polar surface area (TPSA) is 50.7 Å². The van der Waals surface area contributed by atoms with Gasteiger partial charge in [0.2, 0.25) is 5.95 Å². The number of aromatic nitrogens is 3.